The lowest BCUT2D eigenvalue weighted by Crippen LogP contribution is -2.40. The second-order valence-electron chi connectivity index (χ2n) is 7.27. The number of rotatable bonds is 4. The number of likely N-dealkylation sites (tertiary alicyclic amines) is 1. The number of hydrogen-bond donors (Lipinski definition) is 0. The summed E-state index contributed by atoms with van der Waals surface area (Å²) < 4.78 is 39.9. The fraction of sp³-hybridized carbons (Fsp3) is 0.556. The summed E-state index contributed by atoms with van der Waals surface area (Å²) in [6.07, 6.45) is 2.30. The molecular formula is C18H21F2N5O4. The largest absolute Gasteiger partial charge is 0.469 e. The molecule has 11 heteroatoms. The normalized spacial score (nSPS) is 21.6. The maximum atomic E-state index is 14.1. The first-order valence-electron chi connectivity index (χ1n) is 9.34. The Labute approximate surface area is 165 Å². The number of carbonyl (C=O) groups is 2. The first-order valence-corrected chi connectivity index (χ1v) is 9.34. The van der Waals surface area contributed by atoms with Crippen LogP contribution in [0.4, 0.5) is 8.78 Å². The van der Waals surface area contributed by atoms with Crippen molar-refractivity contribution in [3.8, 4) is 0 Å². The number of nitrogens with zero attached hydrogens (tertiary/aromatic N) is 5. The van der Waals surface area contributed by atoms with Gasteiger partial charge < -0.3 is 19.0 Å². The highest BCUT2D eigenvalue weighted by atomic mass is 19.3. The van der Waals surface area contributed by atoms with Gasteiger partial charge in [-0.3, -0.25) is 9.59 Å². The summed E-state index contributed by atoms with van der Waals surface area (Å²) in [5.41, 5.74) is 0.398. The van der Waals surface area contributed by atoms with E-state index in [0.29, 0.717) is 32.1 Å². The van der Waals surface area contributed by atoms with Crippen molar-refractivity contribution in [1.29, 1.82) is 0 Å². The third kappa shape index (κ3) is 4.00. The van der Waals surface area contributed by atoms with E-state index in [1.54, 1.807) is 11.8 Å². The van der Waals surface area contributed by atoms with Crippen molar-refractivity contribution in [3.63, 3.8) is 0 Å². The van der Waals surface area contributed by atoms with E-state index >= 15 is 0 Å². The summed E-state index contributed by atoms with van der Waals surface area (Å²) in [7, 11) is 0. The molecule has 2 aromatic heterocycles. The number of ether oxygens (including phenoxy) is 1. The van der Waals surface area contributed by atoms with Crippen LogP contribution in [0.25, 0.3) is 0 Å². The van der Waals surface area contributed by atoms with Gasteiger partial charge in [0, 0.05) is 19.5 Å². The molecule has 0 aliphatic carbocycles. The van der Waals surface area contributed by atoms with Gasteiger partial charge >= 0.3 is 0 Å². The molecule has 9 nitrogen and oxygen atoms in total. The van der Waals surface area contributed by atoms with Crippen LogP contribution in [0.2, 0.25) is 0 Å². The Morgan fingerprint density at radius 3 is 2.72 bits per heavy atom. The van der Waals surface area contributed by atoms with Gasteiger partial charge in [0.2, 0.25) is 0 Å². The number of carbonyl (C=O) groups excluding carboxylic acids is 2. The van der Waals surface area contributed by atoms with Gasteiger partial charge in [-0.1, -0.05) is 5.21 Å². The molecule has 2 amide bonds. The first-order chi connectivity index (χ1) is 13.8. The molecule has 2 aliphatic heterocycles. The predicted octanol–water partition coefficient (Wildman–Crippen LogP) is 1.20. The molecule has 2 aromatic rings. The van der Waals surface area contributed by atoms with E-state index in [4.69, 9.17) is 9.15 Å². The average Bonchev–Trinajstić information content (AvgIpc) is 3.40. The summed E-state index contributed by atoms with van der Waals surface area (Å²) in [6, 6.07) is 0.694. The molecule has 0 bridgehead atoms. The quantitative estimate of drug-likeness (QED) is 0.753. The summed E-state index contributed by atoms with van der Waals surface area (Å²) in [6.45, 7) is 2.80. The van der Waals surface area contributed by atoms with Crippen molar-refractivity contribution in [1.82, 2.24) is 24.8 Å². The summed E-state index contributed by atoms with van der Waals surface area (Å²) in [4.78, 5) is 28.0. The number of aromatic nitrogens is 3. The molecule has 0 radical (unpaired) electrons. The molecule has 29 heavy (non-hydrogen) atoms. The lowest BCUT2D eigenvalue weighted by atomic mass is 10.1. The Balaban J connectivity index is 1.48. The van der Waals surface area contributed by atoms with Crippen LogP contribution in [-0.2, 0) is 11.3 Å². The minimum atomic E-state index is -3.00. The highest BCUT2D eigenvalue weighted by Gasteiger charge is 2.47. The average molecular weight is 409 g/mol. The van der Waals surface area contributed by atoms with Gasteiger partial charge in [0.25, 0.3) is 17.7 Å². The molecule has 0 aromatic carbocycles. The van der Waals surface area contributed by atoms with Gasteiger partial charge in [-0.05, 0) is 13.0 Å². The maximum Gasteiger partial charge on any atom is 0.276 e. The molecule has 2 fully saturated rings. The Hall–Kier alpha value is -2.82. The topological polar surface area (TPSA) is 93.7 Å². The Bertz CT molecular complexity index is 906. The highest BCUT2D eigenvalue weighted by molar-refractivity contribution is 5.95. The lowest BCUT2D eigenvalue weighted by Gasteiger charge is -2.25. The molecule has 1 atom stereocenters. The van der Waals surface area contributed by atoms with Crippen LogP contribution in [0, 0.1) is 6.92 Å². The number of furan rings is 1. The molecule has 2 aliphatic rings. The highest BCUT2D eigenvalue weighted by Crippen LogP contribution is 2.34. The molecule has 0 saturated carbocycles. The van der Waals surface area contributed by atoms with Crippen molar-refractivity contribution in [2.45, 2.75) is 31.9 Å². The number of halogens is 2. The standard InChI is InChI=1S/C18H21F2N5O4/c1-12-14(2-5-29-12)16(26)25-11-18(19,20)8-13(25)9-24-10-15(21-22-24)17(27)23-3-6-28-7-4-23/h2,5,10,13H,3-4,6-9,11H2,1H3/t13-/m0/s1. The van der Waals surface area contributed by atoms with Crippen molar-refractivity contribution in [3.05, 3.63) is 35.5 Å². The smallest absolute Gasteiger partial charge is 0.276 e. The van der Waals surface area contributed by atoms with Crippen molar-refractivity contribution in [2.75, 3.05) is 32.8 Å². The third-order valence-corrected chi connectivity index (χ3v) is 5.18. The second-order valence-corrected chi connectivity index (χ2v) is 7.27. The fourth-order valence-corrected chi connectivity index (χ4v) is 3.69. The maximum absolute atomic E-state index is 14.1. The predicted molar refractivity (Wildman–Crippen MR) is 94.6 cm³/mol. The SMILES string of the molecule is Cc1occc1C(=O)N1CC(F)(F)C[C@H]1Cn1cc(C(=O)N2CCOCC2)nn1. The number of morpholine rings is 1. The molecule has 0 N–H and O–H groups in total. The monoisotopic (exact) mass is 409 g/mol. The number of alkyl halides is 2. The van der Waals surface area contributed by atoms with Crippen molar-refractivity contribution < 1.29 is 27.5 Å². The zero-order valence-corrected chi connectivity index (χ0v) is 15.9. The summed E-state index contributed by atoms with van der Waals surface area (Å²) in [5.74, 6) is -3.41. The molecule has 2 saturated heterocycles. The summed E-state index contributed by atoms with van der Waals surface area (Å²) in [5, 5.41) is 7.78. The van der Waals surface area contributed by atoms with Gasteiger partial charge in [-0.25, -0.2) is 13.5 Å². The molecular weight excluding hydrogens is 388 g/mol. The zero-order chi connectivity index (χ0) is 20.6. The van der Waals surface area contributed by atoms with Crippen LogP contribution < -0.4 is 0 Å². The Kier molecular flexibility index (Phi) is 5.07. The minimum Gasteiger partial charge on any atom is -0.469 e. The van der Waals surface area contributed by atoms with Crippen LogP contribution in [0.15, 0.2) is 22.9 Å². The van der Waals surface area contributed by atoms with Gasteiger partial charge in [0.15, 0.2) is 5.69 Å². The first kappa shape index (κ1) is 19.5. The van der Waals surface area contributed by atoms with Gasteiger partial charge in [-0.2, -0.15) is 0 Å². The van der Waals surface area contributed by atoms with E-state index in [9.17, 15) is 18.4 Å². The van der Waals surface area contributed by atoms with Crippen LogP contribution in [0.5, 0.6) is 0 Å². The Morgan fingerprint density at radius 2 is 2.03 bits per heavy atom. The Morgan fingerprint density at radius 1 is 1.28 bits per heavy atom. The van der Waals surface area contributed by atoms with E-state index in [-0.39, 0.29) is 23.7 Å². The van der Waals surface area contributed by atoms with Crippen molar-refractivity contribution >= 4 is 11.8 Å². The van der Waals surface area contributed by atoms with Crippen molar-refractivity contribution in [2.24, 2.45) is 0 Å². The fourth-order valence-electron chi connectivity index (χ4n) is 3.69. The number of amides is 2. The van der Waals surface area contributed by atoms with E-state index in [2.05, 4.69) is 10.3 Å². The second kappa shape index (κ2) is 7.54. The van der Waals surface area contributed by atoms with E-state index < -0.39 is 30.8 Å². The minimum absolute atomic E-state index is 0.0155. The number of aryl methyl sites for hydroxylation is 1. The lowest BCUT2D eigenvalue weighted by molar-refractivity contribution is 0.0117. The van der Waals surface area contributed by atoms with E-state index in [1.807, 2.05) is 0 Å². The zero-order valence-electron chi connectivity index (χ0n) is 15.9. The van der Waals surface area contributed by atoms with Crippen LogP contribution in [0.1, 0.15) is 33.0 Å². The van der Waals surface area contributed by atoms with Gasteiger partial charge in [0.1, 0.15) is 5.76 Å². The van der Waals surface area contributed by atoms with Crippen LogP contribution in [-0.4, -0.2) is 81.4 Å². The molecule has 0 unspecified atom stereocenters. The molecule has 4 rings (SSSR count). The van der Waals surface area contributed by atoms with E-state index in [1.165, 1.54) is 23.2 Å². The summed E-state index contributed by atoms with van der Waals surface area (Å²) >= 11 is 0. The van der Waals surface area contributed by atoms with Gasteiger partial charge in [-0.15, -0.1) is 5.10 Å². The van der Waals surface area contributed by atoms with Crippen LogP contribution >= 0.6 is 0 Å². The number of hydrogen-bond acceptors (Lipinski definition) is 6. The third-order valence-electron chi connectivity index (χ3n) is 5.18. The van der Waals surface area contributed by atoms with Gasteiger partial charge in [0.05, 0.1) is 50.4 Å². The molecule has 4 heterocycles. The van der Waals surface area contributed by atoms with E-state index in [0.717, 1.165) is 4.90 Å². The van der Waals surface area contributed by atoms with Crippen LogP contribution in [0.3, 0.4) is 0 Å². The molecule has 156 valence electrons. The molecule has 0 spiro atoms.